The zero-order valence-electron chi connectivity index (χ0n) is 15.8. The minimum Gasteiger partial charge on any atom is -0.315 e. The molecule has 1 fully saturated rings. The monoisotopic (exact) mass is 421 g/mol. The summed E-state index contributed by atoms with van der Waals surface area (Å²) in [5, 5.41) is 9.34. The molecule has 6 nitrogen and oxygen atoms in total. The van der Waals surface area contributed by atoms with E-state index in [0.717, 1.165) is 17.3 Å². The van der Waals surface area contributed by atoms with E-state index in [-0.39, 0.29) is 4.90 Å². The Kier molecular flexibility index (Phi) is 5.95. The van der Waals surface area contributed by atoms with Crippen LogP contribution in [0.3, 0.4) is 0 Å². The summed E-state index contributed by atoms with van der Waals surface area (Å²) >= 11 is 5.48. The van der Waals surface area contributed by atoms with Crippen molar-refractivity contribution in [2.24, 2.45) is 0 Å². The van der Waals surface area contributed by atoms with Gasteiger partial charge in [-0.2, -0.15) is 9.57 Å². The molecule has 0 spiro atoms. The molecule has 0 radical (unpaired) electrons. The molecule has 1 aliphatic heterocycles. The molecule has 1 aromatic heterocycles. The van der Waals surface area contributed by atoms with Crippen molar-refractivity contribution in [3.63, 3.8) is 0 Å². The first kappa shape index (κ1) is 20.6. The first-order chi connectivity index (χ1) is 13.2. The average Bonchev–Trinajstić information content (AvgIpc) is 2.66. The van der Waals surface area contributed by atoms with Gasteiger partial charge in [0.1, 0.15) is 16.5 Å². The SMILES string of the molecule is Cc1cc(C)n(C[NH+]2CCN(S(=O)(=O)c3cccc(F)c3)CC2)c(=S)c1C#N. The number of hydrogen-bond acceptors (Lipinski definition) is 4. The van der Waals surface area contributed by atoms with Crippen LogP contribution in [0.25, 0.3) is 0 Å². The van der Waals surface area contributed by atoms with E-state index in [4.69, 9.17) is 12.2 Å². The van der Waals surface area contributed by atoms with Crippen molar-refractivity contribution in [2.45, 2.75) is 25.4 Å². The van der Waals surface area contributed by atoms with E-state index < -0.39 is 15.8 Å². The number of quaternary nitrogens is 1. The fourth-order valence-electron chi connectivity index (χ4n) is 3.46. The third-order valence-electron chi connectivity index (χ3n) is 5.06. The summed E-state index contributed by atoms with van der Waals surface area (Å²) in [5.74, 6) is -0.567. The fraction of sp³-hybridized carbons (Fsp3) is 0.368. The molecule has 0 unspecified atom stereocenters. The minimum atomic E-state index is -3.70. The van der Waals surface area contributed by atoms with Crippen molar-refractivity contribution in [3.05, 3.63) is 57.6 Å². The number of hydrogen-bond donors (Lipinski definition) is 1. The van der Waals surface area contributed by atoms with Crippen LogP contribution in [0.1, 0.15) is 16.8 Å². The predicted octanol–water partition coefficient (Wildman–Crippen LogP) is 1.39. The summed E-state index contributed by atoms with van der Waals surface area (Å²) in [6.07, 6.45) is 0. The predicted molar refractivity (Wildman–Crippen MR) is 105 cm³/mol. The highest BCUT2D eigenvalue weighted by molar-refractivity contribution is 7.89. The van der Waals surface area contributed by atoms with E-state index in [9.17, 15) is 18.1 Å². The quantitative estimate of drug-likeness (QED) is 0.758. The van der Waals surface area contributed by atoms with Crippen LogP contribution in [-0.2, 0) is 16.7 Å². The van der Waals surface area contributed by atoms with Gasteiger partial charge in [0.2, 0.25) is 10.0 Å². The van der Waals surface area contributed by atoms with E-state index in [2.05, 4.69) is 6.07 Å². The Labute approximate surface area is 169 Å². The Morgan fingerprint density at radius 3 is 2.54 bits per heavy atom. The maximum Gasteiger partial charge on any atom is 0.243 e. The van der Waals surface area contributed by atoms with Crippen LogP contribution in [0.2, 0.25) is 0 Å². The lowest BCUT2D eigenvalue weighted by Gasteiger charge is -2.32. The Bertz CT molecular complexity index is 1100. The zero-order chi connectivity index (χ0) is 20.5. The number of nitrogens with zero attached hydrogens (tertiary/aromatic N) is 3. The maximum atomic E-state index is 13.4. The first-order valence-electron chi connectivity index (χ1n) is 8.94. The van der Waals surface area contributed by atoms with Gasteiger partial charge in [0.15, 0.2) is 6.67 Å². The second kappa shape index (κ2) is 8.09. The van der Waals surface area contributed by atoms with Crippen LogP contribution in [0.5, 0.6) is 0 Å². The summed E-state index contributed by atoms with van der Waals surface area (Å²) in [4.78, 5) is 1.16. The van der Waals surface area contributed by atoms with Gasteiger partial charge in [-0.1, -0.05) is 18.3 Å². The molecule has 148 valence electrons. The van der Waals surface area contributed by atoms with Crippen LogP contribution in [0, 0.1) is 35.6 Å². The zero-order valence-corrected chi connectivity index (χ0v) is 17.4. The number of sulfonamides is 1. The largest absolute Gasteiger partial charge is 0.315 e. The number of aromatic nitrogens is 1. The number of nitrogens with one attached hydrogen (secondary N) is 1. The van der Waals surface area contributed by atoms with Gasteiger partial charge in [0.05, 0.1) is 36.6 Å². The number of rotatable bonds is 4. The van der Waals surface area contributed by atoms with E-state index in [1.165, 1.54) is 27.4 Å². The van der Waals surface area contributed by atoms with Gasteiger partial charge in [-0.05, 0) is 43.7 Å². The smallest absolute Gasteiger partial charge is 0.243 e. The lowest BCUT2D eigenvalue weighted by molar-refractivity contribution is -0.926. The van der Waals surface area contributed by atoms with Gasteiger partial charge in [0, 0.05) is 5.69 Å². The third-order valence-corrected chi connectivity index (χ3v) is 7.38. The summed E-state index contributed by atoms with van der Waals surface area (Å²) < 4.78 is 42.7. The third kappa shape index (κ3) is 4.00. The van der Waals surface area contributed by atoms with E-state index in [1.807, 2.05) is 24.5 Å². The van der Waals surface area contributed by atoms with Crippen molar-refractivity contribution < 1.29 is 17.7 Å². The highest BCUT2D eigenvalue weighted by Crippen LogP contribution is 2.17. The molecule has 1 aliphatic rings. The number of aryl methyl sites for hydroxylation is 2. The molecular weight excluding hydrogens is 399 g/mol. The Hall–Kier alpha value is -2.12. The van der Waals surface area contributed by atoms with Gasteiger partial charge in [0.25, 0.3) is 0 Å². The van der Waals surface area contributed by atoms with Crippen LogP contribution in [-0.4, -0.2) is 43.5 Å². The van der Waals surface area contributed by atoms with Crippen LogP contribution >= 0.6 is 12.2 Å². The number of benzene rings is 1. The number of pyridine rings is 1. The van der Waals surface area contributed by atoms with Gasteiger partial charge >= 0.3 is 0 Å². The average molecular weight is 422 g/mol. The summed E-state index contributed by atoms with van der Waals surface area (Å²) in [7, 11) is -3.70. The molecule has 0 aliphatic carbocycles. The van der Waals surface area contributed by atoms with Crippen molar-refractivity contribution in [2.75, 3.05) is 26.2 Å². The van der Waals surface area contributed by atoms with Gasteiger partial charge in [-0.15, -0.1) is 0 Å². The molecule has 2 aromatic rings. The molecule has 0 saturated carbocycles. The standard InChI is InChI=1S/C19H21FN4O2S2/c1-14-10-15(2)24(19(27)18(14)12-21)13-22-6-8-23(9-7-22)28(25,26)17-5-3-4-16(20)11-17/h3-5,10-11H,6-9,13H2,1-2H3/p+1. The molecule has 0 amide bonds. The topological polar surface area (TPSA) is 70.5 Å². The molecule has 1 saturated heterocycles. The lowest BCUT2D eigenvalue weighted by Crippen LogP contribution is -3.14. The van der Waals surface area contributed by atoms with Crippen LogP contribution < -0.4 is 4.90 Å². The second-order valence-corrected chi connectivity index (χ2v) is 9.28. The lowest BCUT2D eigenvalue weighted by atomic mass is 10.1. The van der Waals surface area contributed by atoms with E-state index >= 15 is 0 Å². The molecule has 3 rings (SSSR count). The van der Waals surface area contributed by atoms with Crippen molar-refractivity contribution in [1.29, 1.82) is 5.26 Å². The molecule has 2 heterocycles. The van der Waals surface area contributed by atoms with Gasteiger partial charge < -0.3 is 4.90 Å². The highest BCUT2D eigenvalue weighted by atomic mass is 32.2. The van der Waals surface area contributed by atoms with Crippen LogP contribution in [0.4, 0.5) is 4.39 Å². The first-order valence-corrected chi connectivity index (χ1v) is 10.8. The summed E-state index contributed by atoms with van der Waals surface area (Å²) in [6.45, 7) is 6.29. The summed E-state index contributed by atoms with van der Waals surface area (Å²) in [6, 6.07) is 9.20. The Balaban J connectivity index is 1.74. The molecule has 0 bridgehead atoms. The summed E-state index contributed by atoms with van der Waals surface area (Å²) in [5.41, 5.74) is 2.35. The minimum absolute atomic E-state index is 0.0220. The molecule has 0 atom stereocenters. The molecular formula is C19H22FN4O2S2+. The number of nitriles is 1. The van der Waals surface area contributed by atoms with E-state index in [0.29, 0.717) is 43.1 Å². The fourth-order valence-corrected chi connectivity index (χ4v) is 5.35. The Morgan fingerprint density at radius 1 is 1.25 bits per heavy atom. The number of piperazine rings is 1. The van der Waals surface area contributed by atoms with Crippen LogP contribution in [0.15, 0.2) is 35.2 Å². The van der Waals surface area contributed by atoms with Gasteiger partial charge in [-0.3, -0.25) is 4.57 Å². The van der Waals surface area contributed by atoms with Gasteiger partial charge in [-0.25, -0.2) is 12.8 Å². The van der Waals surface area contributed by atoms with Crippen molar-refractivity contribution >= 4 is 22.2 Å². The molecule has 28 heavy (non-hydrogen) atoms. The van der Waals surface area contributed by atoms with Crippen molar-refractivity contribution in [3.8, 4) is 6.07 Å². The van der Waals surface area contributed by atoms with E-state index in [1.54, 1.807) is 0 Å². The second-order valence-electron chi connectivity index (χ2n) is 6.96. The Morgan fingerprint density at radius 2 is 1.93 bits per heavy atom. The highest BCUT2D eigenvalue weighted by Gasteiger charge is 2.30. The molecule has 1 N–H and O–H groups in total. The molecule has 1 aromatic carbocycles. The number of halogens is 1. The maximum absolute atomic E-state index is 13.4. The normalized spacial score (nSPS) is 16.1. The van der Waals surface area contributed by atoms with Crippen molar-refractivity contribution in [1.82, 2.24) is 8.87 Å². The molecule has 9 heteroatoms.